The molecule has 0 amide bonds. The van der Waals surface area contributed by atoms with Crippen molar-refractivity contribution in [2.45, 2.75) is 51.1 Å². The number of hydrogen-bond acceptors (Lipinski definition) is 3. The third kappa shape index (κ3) is 3.10. The van der Waals surface area contributed by atoms with E-state index in [0.717, 1.165) is 25.8 Å². The van der Waals surface area contributed by atoms with E-state index in [1.54, 1.807) is 0 Å². The zero-order chi connectivity index (χ0) is 13.9. The van der Waals surface area contributed by atoms with Crippen LogP contribution in [0.15, 0.2) is 24.3 Å². The number of aliphatic hydroxyl groups excluding tert-OH is 1. The van der Waals surface area contributed by atoms with Gasteiger partial charge in [-0.25, -0.2) is 0 Å². The van der Waals surface area contributed by atoms with Crippen molar-refractivity contribution in [1.82, 2.24) is 0 Å². The first kappa shape index (κ1) is 14.4. The van der Waals surface area contributed by atoms with Crippen molar-refractivity contribution in [2.75, 3.05) is 18.1 Å². The van der Waals surface area contributed by atoms with Crippen molar-refractivity contribution >= 4 is 5.69 Å². The number of hydrogen-bond donors (Lipinski definition) is 2. The Morgan fingerprint density at radius 3 is 2.79 bits per heavy atom. The Hall–Kier alpha value is -1.06. The van der Waals surface area contributed by atoms with E-state index >= 15 is 0 Å². The molecule has 1 aliphatic carbocycles. The van der Waals surface area contributed by atoms with Gasteiger partial charge in [0, 0.05) is 23.8 Å². The lowest BCUT2D eigenvalue weighted by Gasteiger charge is -2.43. The van der Waals surface area contributed by atoms with Gasteiger partial charge in [0.2, 0.25) is 0 Å². The van der Waals surface area contributed by atoms with E-state index < -0.39 is 0 Å². The number of aliphatic hydroxyl groups is 1. The van der Waals surface area contributed by atoms with Crippen LogP contribution in [0.5, 0.6) is 0 Å². The van der Waals surface area contributed by atoms with E-state index in [1.165, 1.54) is 17.7 Å². The highest BCUT2D eigenvalue weighted by molar-refractivity contribution is 5.53. The first-order valence-electron chi connectivity index (χ1n) is 7.31. The maximum Gasteiger partial charge on any atom is 0.0612 e. The third-order valence-corrected chi connectivity index (χ3v) is 4.38. The van der Waals surface area contributed by atoms with Crippen molar-refractivity contribution < 1.29 is 5.11 Å². The summed E-state index contributed by atoms with van der Waals surface area (Å²) in [6, 6.07) is 8.95. The maximum atomic E-state index is 9.50. The van der Waals surface area contributed by atoms with Gasteiger partial charge in [0.1, 0.15) is 0 Å². The van der Waals surface area contributed by atoms with Crippen LogP contribution in [-0.4, -0.2) is 29.8 Å². The topological polar surface area (TPSA) is 49.5 Å². The summed E-state index contributed by atoms with van der Waals surface area (Å²) < 4.78 is 0. The second-order valence-corrected chi connectivity index (χ2v) is 5.84. The number of para-hydroxylation sites is 1. The Kier molecular flexibility index (Phi) is 4.48. The van der Waals surface area contributed by atoms with Gasteiger partial charge in [-0.3, -0.25) is 0 Å². The lowest BCUT2D eigenvalue weighted by molar-refractivity contribution is 0.145. The normalized spacial score (nSPS) is 27.3. The molecular formula is C16H26N2O. The maximum absolute atomic E-state index is 9.50. The average Bonchev–Trinajstić information content (AvgIpc) is 2.42. The molecule has 0 spiro atoms. The van der Waals surface area contributed by atoms with Gasteiger partial charge in [0.15, 0.2) is 0 Å². The molecule has 3 nitrogen and oxygen atoms in total. The van der Waals surface area contributed by atoms with E-state index in [1.807, 2.05) is 0 Å². The summed E-state index contributed by atoms with van der Waals surface area (Å²) in [5, 5.41) is 9.50. The van der Waals surface area contributed by atoms with E-state index in [9.17, 15) is 5.11 Å². The van der Waals surface area contributed by atoms with Crippen LogP contribution in [0.25, 0.3) is 0 Å². The standard InChI is InChI=1S/C16H26N2O/c1-3-18(15-9-5-4-7-13(15)2)14-8-6-10-16(17,11-14)12-19/h4-5,7,9,14,19H,3,6,8,10-12,17H2,1-2H3. The molecule has 0 saturated heterocycles. The smallest absolute Gasteiger partial charge is 0.0612 e. The second-order valence-electron chi connectivity index (χ2n) is 5.84. The van der Waals surface area contributed by atoms with E-state index in [-0.39, 0.29) is 12.1 Å². The van der Waals surface area contributed by atoms with Gasteiger partial charge in [0.05, 0.1) is 6.61 Å². The van der Waals surface area contributed by atoms with Gasteiger partial charge in [-0.15, -0.1) is 0 Å². The Morgan fingerprint density at radius 1 is 1.42 bits per heavy atom. The lowest BCUT2D eigenvalue weighted by Crippen LogP contribution is -2.53. The predicted octanol–water partition coefficient (Wildman–Crippen LogP) is 2.45. The van der Waals surface area contributed by atoms with Crippen molar-refractivity contribution in [3.63, 3.8) is 0 Å². The molecule has 0 heterocycles. The minimum absolute atomic E-state index is 0.0921. The molecule has 0 aromatic heterocycles. The highest BCUT2D eigenvalue weighted by Gasteiger charge is 2.34. The van der Waals surface area contributed by atoms with Crippen LogP contribution in [0, 0.1) is 6.92 Å². The number of rotatable bonds is 4. The average molecular weight is 262 g/mol. The van der Waals surface area contributed by atoms with Crippen LogP contribution in [0.4, 0.5) is 5.69 Å². The van der Waals surface area contributed by atoms with Gasteiger partial charge >= 0.3 is 0 Å². The zero-order valence-electron chi connectivity index (χ0n) is 12.1. The lowest BCUT2D eigenvalue weighted by atomic mass is 9.79. The molecule has 1 aromatic carbocycles. The second kappa shape index (κ2) is 5.93. The van der Waals surface area contributed by atoms with Crippen molar-refractivity contribution in [3.8, 4) is 0 Å². The quantitative estimate of drug-likeness (QED) is 0.876. The Morgan fingerprint density at radius 2 is 2.16 bits per heavy atom. The van der Waals surface area contributed by atoms with Crippen LogP contribution in [0.1, 0.15) is 38.2 Å². The molecule has 106 valence electrons. The Bertz CT molecular complexity index is 421. The van der Waals surface area contributed by atoms with Gasteiger partial charge in [-0.1, -0.05) is 18.2 Å². The number of nitrogens with zero attached hydrogens (tertiary/aromatic N) is 1. The molecule has 0 radical (unpaired) electrons. The fourth-order valence-corrected chi connectivity index (χ4v) is 3.28. The van der Waals surface area contributed by atoms with Crippen LogP contribution < -0.4 is 10.6 Å². The summed E-state index contributed by atoms with van der Waals surface area (Å²) in [4.78, 5) is 2.45. The molecule has 2 rings (SSSR count). The summed E-state index contributed by atoms with van der Waals surface area (Å²) in [7, 11) is 0. The summed E-state index contributed by atoms with van der Waals surface area (Å²) in [5.74, 6) is 0. The fraction of sp³-hybridized carbons (Fsp3) is 0.625. The zero-order valence-corrected chi connectivity index (χ0v) is 12.1. The van der Waals surface area contributed by atoms with Crippen molar-refractivity contribution in [3.05, 3.63) is 29.8 Å². The molecule has 19 heavy (non-hydrogen) atoms. The molecule has 1 fully saturated rings. The monoisotopic (exact) mass is 262 g/mol. The van der Waals surface area contributed by atoms with Crippen molar-refractivity contribution in [1.29, 1.82) is 0 Å². The van der Waals surface area contributed by atoms with E-state index in [0.29, 0.717) is 6.04 Å². The molecule has 1 aromatic rings. The van der Waals surface area contributed by atoms with Crippen LogP contribution in [0.2, 0.25) is 0 Å². The van der Waals surface area contributed by atoms with Gasteiger partial charge in [-0.2, -0.15) is 0 Å². The number of nitrogens with two attached hydrogens (primary N) is 1. The Balaban J connectivity index is 2.20. The number of anilines is 1. The number of benzene rings is 1. The molecular weight excluding hydrogens is 236 g/mol. The van der Waals surface area contributed by atoms with Crippen LogP contribution >= 0.6 is 0 Å². The first-order valence-corrected chi connectivity index (χ1v) is 7.31. The molecule has 1 aliphatic rings. The predicted molar refractivity (Wildman–Crippen MR) is 80.5 cm³/mol. The highest BCUT2D eigenvalue weighted by Crippen LogP contribution is 2.32. The van der Waals surface area contributed by atoms with Crippen LogP contribution in [-0.2, 0) is 0 Å². The molecule has 3 heteroatoms. The highest BCUT2D eigenvalue weighted by atomic mass is 16.3. The van der Waals surface area contributed by atoms with Gasteiger partial charge < -0.3 is 15.7 Å². The first-order chi connectivity index (χ1) is 9.09. The molecule has 1 saturated carbocycles. The van der Waals surface area contributed by atoms with Gasteiger partial charge in [-0.05, 0) is 51.2 Å². The molecule has 2 unspecified atom stereocenters. The largest absolute Gasteiger partial charge is 0.394 e. The number of aryl methyl sites for hydroxylation is 1. The molecule has 3 N–H and O–H groups in total. The van der Waals surface area contributed by atoms with Crippen LogP contribution in [0.3, 0.4) is 0 Å². The summed E-state index contributed by atoms with van der Waals surface area (Å²) in [6.07, 6.45) is 4.09. The molecule has 0 bridgehead atoms. The van der Waals surface area contributed by atoms with E-state index in [4.69, 9.17) is 5.73 Å². The molecule has 2 atom stereocenters. The minimum atomic E-state index is -0.390. The third-order valence-electron chi connectivity index (χ3n) is 4.38. The van der Waals surface area contributed by atoms with Crippen molar-refractivity contribution in [2.24, 2.45) is 5.73 Å². The fourth-order valence-electron chi connectivity index (χ4n) is 3.28. The Labute approximate surface area is 116 Å². The summed E-state index contributed by atoms with van der Waals surface area (Å²) in [6.45, 7) is 5.42. The summed E-state index contributed by atoms with van der Waals surface area (Å²) in [5.41, 5.74) is 8.50. The van der Waals surface area contributed by atoms with E-state index in [2.05, 4.69) is 43.0 Å². The minimum Gasteiger partial charge on any atom is -0.394 e. The SMILES string of the molecule is CCN(c1ccccc1C)C1CCCC(N)(CO)C1. The van der Waals surface area contributed by atoms with Gasteiger partial charge in [0.25, 0.3) is 0 Å². The summed E-state index contributed by atoms with van der Waals surface area (Å²) >= 11 is 0. The molecule has 0 aliphatic heterocycles.